The van der Waals surface area contributed by atoms with Gasteiger partial charge < -0.3 is 10.2 Å². The molecule has 2 aromatic carbocycles. The number of anilines is 1. The van der Waals surface area contributed by atoms with Gasteiger partial charge in [0.05, 0.1) is 22.0 Å². The Morgan fingerprint density at radius 2 is 1.77 bits per heavy atom. The lowest BCUT2D eigenvalue weighted by atomic mass is 10.1. The van der Waals surface area contributed by atoms with E-state index in [9.17, 15) is 22.4 Å². The first-order valence-corrected chi connectivity index (χ1v) is 11.7. The van der Waals surface area contributed by atoms with Crippen molar-refractivity contribution in [2.75, 3.05) is 24.2 Å². The van der Waals surface area contributed by atoms with Crippen molar-refractivity contribution in [1.82, 2.24) is 10.2 Å². The van der Waals surface area contributed by atoms with Crippen LogP contribution in [0.5, 0.6) is 0 Å². The molecule has 0 spiro atoms. The summed E-state index contributed by atoms with van der Waals surface area (Å²) in [5.41, 5.74) is 0.315. The highest BCUT2D eigenvalue weighted by molar-refractivity contribution is 7.92. The van der Waals surface area contributed by atoms with Gasteiger partial charge in [-0.3, -0.25) is 13.9 Å². The smallest absolute Gasteiger partial charge is 0.244 e. The molecule has 0 saturated heterocycles. The number of carbonyl (C=O) groups is 2. The van der Waals surface area contributed by atoms with Crippen molar-refractivity contribution in [2.24, 2.45) is 0 Å². The Morgan fingerprint density at radius 3 is 2.32 bits per heavy atom. The molecular formula is C20H22Cl2FN3O4S. The number of para-hydroxylation sites is 1. The van der Waals surface area contributed by atoms with Gasteiger partial charge in [0.25, 0.3) is 0 Å². The number of sulfonamides is 1. The molecule has 0 radical (unpaired) electrons. The van der Waals surface area contributed by atoms with E-state index in [4.69, 9.17) is 23.2 Å². The van der Waals surface area contributed by atoms with Crippen LogP contribution in [-0.4, -0.2) is 51.0 Å². The number of halogens is 3. The lowest BCUT2D eigenvalue weighted by Gasteiger charge is -2.31. The number of hydrogen-bond acceptors (Lipinski definition) is 4. The number of benzene rings is 2. The minimum absolute atomic E-state index is 0.0425. The summed E-state index contributed by atoms with van der Waals surface area (Å²) < 4.78 is 39.6. The molecule has 0 aliphatic heterocycles. The van der Waals surface area contributed by atoms with Crippen LogP contribution in [0.1, 0.15) is 12.5 Å². The Bertz CT molecular complexity index is 1080. The number of nitrogens with zero attached hydrogens (tertiary/aromatic N) is 2. The molecule has 168 valence electrons. The summed E-state index contributed by atoms with van der Waals surface area (Å²) in [5, 5.41) is 3.05. The zero-order chi connectivity index (χ0) is 23.3. The van der Waals surface area contributed by atoms with E-state index in [1.807, 2.05) is 0 Å². The average Bonchev–Trinajstić information content (AvgIpc) is 2.71. The fourth-order valence-corrected chi connectivity index (χ4v) is 4.05. The summed E-state index contributed by atoms with van der Waals surface area (Å²) in [5.74, 6) is -1.95. The molecule has 0 fully saturated rings. The van der Waals surface area contributed by atoms with E-state index in [1.165, 1.54) is 37.1 Å². The van der Waals surface area contributed by atoms with E-state index < -0.39 is 40.2 Å². The first-order chi connectivity index (χ1) is 14.5. The summed E-state index contributed by atoms with van der Waals surface area (Å²) in [7, 11) is -2.58. The molecule has 11 heteroatoms. The van der Waals surface area contributed by atoms with Gasteiger partial charge in [-0.15, -0.1) is 0 Å². The summed E-state index contributed by atoms with van der Waals surface area (Å²) in [4.78, 5) is 26.6. The Labute approximate surface area is 190 Å². The number of rotatable bonds is 8. The Hall–Kier alpha value is -2.36. The van der Waals surface area contributed by atoms with Crippen LogP contribution in [0.15, 0.2) is 42.5 Å². The highest BCUT2D eigenvalue weighted by atomic mass is 35.5. The molecule has 0 aliphatic carbocycles. The molecule has 1 atom stereocenters. The maximum Gasteiger partial charge on any atom is 0.244 e. The number of likely N-dealkylation sites (N-methyl/N-ethyl adjacent to an activating group) is 1. The first-order valence-electron chi connectivity index (χ1n) is 9.13. The molecule has 0 aliphatic rings. The molecule has 0 saturated carbocycles. The molecule has 2 aromatic rings. The van der Waals surface area contributed by atoms with Gasteiger partial charge in [0.1, 0.15) is 18.4 Å². The molecule has 2 rings (SSSR count). The van der Waals surface area contributed by atoms with Crippen molar-refractivity contribution in [2.45, 2.75) is 19.5 Å². The number of carbonyl (C=O) groups excluding carboxylic acids is 2. The SMILES string of the molecule is CNC(=O)[C@H](C)N(Cc1ccc(Cl)c(Cl)c1)C(=O)CN(c1ccccc1F)S(C)(=O)=O. The lowest BCUT2D eigenvalue weighted by Crippen LogP contribution is -2.50. The van der Waals surface area contributed by atoms with Gasteiger partial charge in [0.2, 0.25) is 21.8 Å². The van der Waals surface area contributed by atoms with Crippen molar-refractivity contribution in [3.05, 3.63) is 63.9 Å². The summed E-state index contributed by atoms with van der Waals surface area (Å²) in [6.07, 6.45) is 0.873. The van der Waals surface area contributed by atoms with Crippen LogP contribution in [0.3, 0.4) is 0 Å². The van der Waals surface area contributed by atoms with Crippen LogP contribution >= 0.6 is 23.2 Å². The van der Waals surface area contributed by atoms with Gasteiger partial charge in [-0.05, 0) is 36.8 Å². The second kappa shape index (κ2) is 10.3. The Balaban J connectivity index is 2.41. The summed E-state index contributed by atoms with van der Waals surface area (Å²) in [6, 6.07) is 9.02. The first kappa shape index (κ1) is 24.9. The van der Waals surface area contributed by atoms with E-state index in [0.29, 0.717) is 14.9 Å². The highest BCUT2D eigenvalue weighted by Crippen LogP contribution is 2.25. The van der Waals surface area contributed by atoms with Crippen LogP contribution in [0.2, 0.25) is 10.0 Å². The second-order valence-corrected chi connectivity index (χ2v) is 9.50. The third kappa shape index (κ3) is 6.32. The molecular weight excluding hydrogens is 468 g/mol. The van der Waals surface area contributed by atoms with E-state index in [2.05, 4.69) is 5.32 Å². The second-order valence-electron chi connectivity index (χ2n) is 6.78. The van der Waals surface area contributed by atoms with E-state index in [-0.39, 0.29) is 17.3 Å². The van der Waals surface area contributed by atoms with Crippen LogP contribution in [0.4, 0.5) is 10.1 Å². The summed E-state index contributed by atoms with van der Waals surface area (Å²) in [6.45, 7) is 0.768. The van der Waals surface area contributed by atoms with Gasteiger partial charge in [0, 0.05) is 13.6 Å². The van der Waals surface area contributed by atoms with Crippen LogP contribution < -0.4 is 9.62 Å². The predicted molar refractivity (Wildman–Crippen MR) is 119 cm³/mol. The minimum atomic E-state index is -4.00. The van der Waals surface area contributed by atoms with Crippen molar-refractivity contribution < 1.29 is 22.4 Å². The third-order valence-corrected chi connectivity index (χ3v) is 6.42. The lowest BCUT2D eigenvalue weighted by molar-refractivity contribution is -0.139. The standard InChI is InChI=1S/C20H22Cl2FN3O4S/c1-13(20(28)24-2)25(11-14-8-9-15(21)16(22)10-14)19(27)12-26(31(3,29)30)18-7-5-4-6-17(18)23/h4-10,13H,11-12H2,1-3H3,(H,24,28)/t13-/m0/s1. The van der Waals surface area contributed by atoms with E-state index in [1.54, 1.807) is 18.2 Å². The normalized spacial score (nSPS) is 12.2. The van der Waals surface area contributed by atoms with Crippen LogP contribution in [0.25, 0.3) is 0 Å². The largest absolute Gasteiger partial charge is 0.357 e. The van der Waals surface area contributed by atoms with Crippen molar-refractivity contribution in [3.63, 3.8) is 0 Å². The number of amides is 2. The van der Waals surface area contributed by atoms with Crippen molar-refractivity contribution in [1.29, 1.82) is 0 Å². The van der Waals surface area contributed by atoms with Crippen LogP contribution in [-0.2, 0) is 26.2 Å². The van der Waals surface area contributed by atoms with Gasteiger partial charge >= 0.3 is 0 Å². The maximum absolute atomic E-state index is 14.3. The monoisotopic (exact) mass is 489 g/mol. The molecule has 0 bridgehead atoms. The van der Waals surface area contributed by atoms with Crippen molar-refractivity contribution >= 4 is 50.7 Å². The molecule has 1 N–H and O–H groups in total. The minimum Gasteiger partial charge on any atom is -0.357 e. The highest BCUT2D eigenvalue weighted by Gasteiger charge is 2.30. The molecule has 2 amide bonds. The topological polar surface area (TPSA) is 86.8 Å². The van der Waals surface area contributed by atoms with Crippen molar-refractivity contribution in [3.8, 4) is 0 Å². The van der Waals surface area contributed by atoms with Gasteiger partial charge in [-0.25, -0.2) is 12.8 Å². The number of nitrogens with one attached hydrogen (secondary N) is 1. The van der Waals surface area contributed by atoms with Gasteiger partial charge in [-0.2, -0.15) is 0 Å². The van der Waals surface area contributed by atoms with E-state index >= 15 is 0 Å². The third-order valence-electron chi connectivity index (χ3n) is 4.55. The number of hydrogen-bond donors (Lipinski definition) is 1. The Morgan fingerprint density at radius 1 is 1.13 bits per heavy atom. The maximum atomic E-state index is 14.3. The average molecular weight is 490 g/mol. The zero-order valence-electron chi connectivity index (χ0n) is 17.1. The summed E-state index contributed by atoms with van der Waals surface area (Å²) >= 11 is 12.0. The van der Waals surface area contributed by atoms with Crippen LogP contribution in [0, 0.1) is 5.82 Å². The molecule has 31 heavy (non-hydrogen) atoms. The Kier molecular flexibility index (Phi) is 8.27. The fourth-order valence-electron chi connectivity index (χ4n) is 2.87. The van der Waals surface area contributed by atoms with E-state index in [0.717, 1.165) is 12.3 Å². The predicted octanol–water partition coefficient (Wildman–Crippen LogP) is 3.06. The molecule has 0 heterocycles. The quantitative estimate of drug-likeness (QED) is 0.617. The van der Waals surface area contributed by atoms with Gasteiger partial charge in [0.15, 0.2) is 0 Å². The molecule has 0 aromatic heterocycles. The zero-order valence-corrected chi connectivity index (χ0v) is 19.4. The molecule has 0 unspecified atom stereocenters. The fraction of sp³-hybridized carbons (Fsp3) is 0.300. The van der Waals surface area contributed by atoms with Gasteiger partial charge in [-0.1, -0.05) is 41.4 Å². The molecule has 7 nitrogen and oxygen atoms in total.